The van der Waals surface area contributed by atoms with Gasteiger partial charge in [0.25, 0.3) is 0 Å². The highest BCUT2D eigenvalue weighted by molar-refractivity contribution is 5.82. The smallest absolute Gasteiger partial charge is 0.387 e. The number of nitrogens with one attached hydrogen (secondary N) is 1. The van der Waals surface area contributed by atoms with Crippen LogP contribution in [0.4, 0.5) is 13.2 Å². The Morgan fingerprint density at radius 3 is 2.75 bits per heavy atom. The Hall–Kier alpha value is -2.29. The zero-order chi connectivity index (χ0) is 17.9. The fourth-order valence-corrected chi connectivity index (χ4v) is 2.50. The fourth-order valence-electron chi connectivity index (χ4n) is 2.50. The predicted molar refractivity (Wildman–Crippen MR) is 75.0 cm³/mol. The van der Waals surface area contributed by atoms with Crippen molar-refractivity contribution in [1.29, 1.82) is 0 Å². The second-order valence-corrected chi connectivity index (χ2v) is 5.41. The number of rotatable bonds is 6. The largest absolute Gasteiger partial charge is 0.479 e. The highest BCUT2D eigenvalue weighted by Gasteiger charge is 2.40. The second kappa shape index (κ2) is 7.52. The maximum Gasteiger partial charge on any atom is 0.387 e. The van der Waals surface area contributed by atoms with Crippen molar-refractivity contribution >= 4 is 11.9 Å². The van der Waals surface area contributed by atoms with Gasteiger partial charge in [0, 0.05) is 12.1 Å². The Balaban J connectivity index is 2.01. The van der Waals surface area contributed by atoms with Crippen LogP contribution < -0.4 is 10.1 Å². The van der Waals surface area contributed by atoms with Crippen LogP contribution in [0.15, 0.2) is 18.2 Å². The molecule has 0 spiro atoms. The van der Waals surface area contributed by atoms with Crippen molar-refractivity contribution in [2.45, 2.75) is 38.7 Å². The first kappa shape index (κ1) is 18.1. The summed E-state index contributed by atoms with van der Waals surface area (Å²) < 4.78 is 47.8. The molecule has 0 radical (unpaired) electrons. The van der Waals surface area contributed by atoms with Gasteiger partial charge in [-0.3, -0.25) is 4.79 Å². The number of halogens is 3. The number of amides is 1. The van der Waals surface area contributed by atoms with Crippen LogP contribution in [0.5, 0.6) is 5.75 Å². The van der Waals surface area contributed by atoms with Gasteiger partial charge in [0.15, 0.2) is 6.10 Å². The number of carbonyl (C=O) groups is 2. The molecule has 0 bridgehead atoms. The van der Waals surface area contributed by atoms with Gasteiger partial charge < -0.3 is 19.9 Å². The molecule has 9 heteroatoms. The molecule has 0 aromatic heterocycles. The second-order valence-electron chi connectivity index (χ2n) is 5.41. The Morgan fingerprint density at radius 1 is 1.46 bits per heavy atom. The van der Waals surface area contributed by atoms with Crippen LogP contribution in [0.1, 0.15) is 18.9 Å². The number of carboxylic acid groups (broad SMARTS) is 1. The lowest BCUT2D eigenvalue weighted by molar-refractivity contribution is -0.153. The van der Waals surface area contributed by atoms with Crippen LogP contribution in [0.25, 0.3) is 0 Å². The summed E-state index contributed by atoms with van der Waals surface area (Å²) in [6.45, 7) is -1.88. The molecule has 24 heavy (non-hydrogen) atoms. The van der Waals surface area contributed by atoms with Gasteiger partial charge in [0.05, 0.1) is 0 Å². The number of hydrogen-bond donors (Lipinski definition) is 2. The van der Waals surface area contributed by atoms with Crippen LogP contribution in [0.2, 0.25) is 0 Å². The molecule has 2 N–H and O–H groups in total. The maximum atomic E-state index is 13.8. The van der Waals surface area contributed by atoms with E-state index < -0.39 is 36.5 Å². The molecule has 2 rings (SSSR count). The minimum atomic E-state index is -3.13. The van der Waals surface area contributed by atoms with Crippen molar-refractivity contribution in [2.24, 2.45) is 5.92 Å². The van der Waals surface area contributed by atoms with E-state index in [1.165, 1.54) is 6.07 Å². The maximum absolute atomic E-state index is 13.8. The van der Waals surface area contributed by atoms with E-state index >= 15 is 0 Å². The summed E-state index contributed by atoms with van der Waals surface area (Å²) in [4.78, 5) is 23.0. The van der Waals surface area contributed by atoms with Crippen LogP contribution >= 0.6 is 0 Å². The van der Waals surface area contributed by atoms with Gasteiger partial charge in [-0.15, -0.1) is 0 Å². The van der Waals surface area contributed by atoms with E-state index in [1.807, 2.05) is 0 Å². The summed E-state index contributed by atoms with van der Waals surface area (Å²) in [5, 5.41) is 11.3. The summed E-state index contributed by atoms with van der Waals surface area (Å²) in [6.07, 6.45) is -1.89. The number of carbonyl (C=O) groups excluding carboxylic acids is 1. The van der Waals surface area contributed by atoms with E-state index in [0.29, 0.717) is 0 Å². The average Bonchev–Trinajstić information content (AvgIpc) is 2.88. The topological polar surface area (TPSA) is 84.9 Å². The van der Waals surface area contributed by atoms with E-state index in [4.69, 9.17) is 9.84 Å². The molecule has 0 saturated carbocycles. The van der Waals surface area contributed by atoms with Crippen LogP contribution in [-0.4, -0.2) is 35.8 Å². The third kappa shape index (κ3) is 4.16. The van der Waals surface area contributed by atoms with Crippen molar-refractivity contribution in [2.75, 3.05) is 0 Å². The van der Waals surface area contributed by atoms with Crippen LogP contribution in [0.3, 0.4) is 0 Å². The van der Waals surface area contributed by atoms with Gasteiger partial charge >= 0.3 is 12.6 Å². The van der Waals surface area contributed by atoms with Gasteiger partial charge in [0.2, 0.25) is 5.91 Å². The summed E-state index contributed by atoms with van der Waals surface area (Å²) in [5.74, 6) is -3.35. The van der Waals surface area contributed by atoms with Crippen molar-refractivity contribution in [3.63, 3.8) is 0 Å². The molecule has 1 aliphatic rings. The molecule has 1 fully saturated rings. The minimum absolute atomic E-state index is 0.195. The molecule has 1 aromatic carbocycles. The summed E-state index contributed by atoms with van der Waals surface area (Å²) >= 11 is 0. The predicted octanol–water partition coefficient (Wildman–Crippen LogP) is 1.92. The molecule has 132 valence electrons. The first-order chi connectivity index (χ1) is 11.3. The van der Waals surface area contributed by atoms with E-state index in [9.17, 15) is 22.8 Å². The lowest BCUT2D eigenvalue weighted by atomic mass is 10.0. The standard InChI is InChI=1S/C15H16F3NO5/c1-7-5-11(23-12(7)14(21)22)13(20)19-6-8-9(16)3-2-4-10(8)24-15(17)18/h2-4,7,11-12,15H,5-6H2,1H3,(H,19,20)(H,21,22)/t7-,11-,12-/m1/s1. The summed E-state index contributed by atoms with van der Waals surface area (Å²) in [7, 11) is 0. The lowest BCUT2D eigenvalue weighted by Gasteiger charge is -2.14. The van der Waals surface area contributed by atoms with Gasteiger partial charge in [-0.2, -0.15) is 8.78 Å². The lowest BCUT2D eigenvalue weighted by Crippen LogP contribution is -2.35. The first-order valence-electron chi connectivity index (χ1n) is 7.17. The molecule has 1 aromatic rings. The summed E-state index contributed by atoms with van der Waals surface area (Å²) in [6, 6.07) is 3.41. The SMILES string of the molecule is C[C@@H]1C[C@H](C(=O)NCc2c(F)cccc2OC(F)F)O[C@H]1C(=O)O. The van der Waals surface area contributed by atoms with Crippen LogP contribution in [0, 0.1) is 11.7 Å². The highest BCUT2D eigenvalue weighted by atomic mass is 19.3. The number of alkyl halides is 2. The third-order valence-corrected chi connectivity index (χ3v) is 3.68. The average molecular weight is 347 g/mol. The minimum Gasteiger partial charge on any atom is -0.479 e. The normalized spacial score (nSPS) is 23.3. The van der Waals surface area contributed by atoms with Gasteiger partial charge in [-0.25, -0.2) is 9.18 Å². The molecular weight excluding hydrogens is 331 g/mol. The van der Waals surface area contributed by atoms with E-state index in [2.05, 4.69) is 10.1 Å². The molecular formula is C15H16F3NO5. The number of benzene rings is 1. The van der Waals surface area contributed by atoms with Gasteiger partial charge in [-0.1, -0.05) is 13.0 Å². The summed E-state index contributed by atoms with van der Waals surface area (Å²) in [5.41, 5.74) is -0.230. The molecule has 1 heterocycles. The molecule has 6 nitrogen and oxygen atoms in total. The monoisotopic (exact) mass is 347 g/mol. The highest BCUT2D eigenvalue weighted by Crippen LogP contribution is 2.27. The first-order valence-corrected chi connectivity index (χ1v) is 7.17. The van der Waals surface area contributed by atoms with Crippen molar-refractivity contribution in [3.8, 4) is 5.75 Å². The molecule has 1 saturated heterocycles. The van der Waals surface area contributed by atoms with Crippen molar-refractivity contribution in [3.05, 3.63) is 29.6 Å². The Labute approximate surface area is 135 Å². The van der Waals surface area contributed by atoms with E-state index in [0.717, 1.165) is 12.1 Å². The molecule has 1 aliphatic heterocycles. The zero-order valence-electron chi connectivity index (χ0n) is 12.7. The van der Waals surface area contributed by atoms with E-state index in [-0.39, 0.29) is 30.2 Å². The quantitative estimate of drug-likeness (QED) is 0.821. The number of aliphatic carboxylic acids is 1. The van der Waals surface area contributed by atoms with Gasteiger partial charge in [0.1, 0.15) is 17.7 Å². The zero-order valence-corrected chi connectivity index (χ0v) is 12.7. The Bertz CT molecular complexity index is 625. The fraction of sp³-hybridized carbons (Fsp3) is 0.467. The number of ether oxygens (including phenoxy) is 2. The number of hydrogen-bond acceptors (Lipinski definition) is 4. The van der Waals surface area contributed by atoms with Crippen molar-refractivity contribution < 1.29 is 37.3 Å². The number of carboxylic acids is 1. The van der Waals surface area contributed by atoms with Gasteiger partial charge in [-0.05, 0) is 24.5 Å². The molecule has 0 unspecified atom stereocenters. The Kier molecular flexibility index (Phi) is 5.66. The third-order valence-electron chi connectivity index (χ3n) is 3.68. The molecule has 0 aliphatic carbocycles. The molecule has 3 atom stereocenters. The van der Waals surface area contributed by atoms with E-state index in [1.54, 1.807) is 6.92 Å². The van der Waals surface area contributed by atoms with Crippen molar-refractivity contribution in [1.82, 2.24) is 5.32 Å². The Morgan fingerprint density at radius 2 is 2.17 bits per heavy atom. The molecule has 1 amide bonds. The van der Waals surface area contributed by atoms with Crippen LogP contribution in [-0.2, 0) is 20.9 Å².